The van der Waals surface area contributed by atoms with E-state index in [4.69, 9.17) is 4.52 Å². The van der Waals surface area contributed by atoms with E-state index in [0.717, 1.165) is 12.8 Å². The molecule has 0 bridgehead atoms. The maximum Gasteiger partial charge on any atom is 0.247 e. The average molecular weight is 369 g/mol. The van der Waals surface area contributed by atoms with Crippen LogP contribution in [0.4, 0.5) is 5.82 Å². The van der Waals surface area contributed by atoms with Crippen LogP contribution in [0, 0.1) is 26.7 Å². The Labute approximate surface area is 159 Å². The second-order valence-corrected chi connectivity index (χ2v) is 7.59. The number of anilines is 1. The summed E-state index contributed by atoms with van der Waals surface area (Å²) in [5.41, 5.74) is 3.71. The Bertz CT molecular complexity index is 839. The van der Waals surface area contributed by atoms with E-state index in [9.17, 15) is 9.59 Å². The molecule has 27 heavy (non-hydrogen) atoms. The van der Waals surface area contributed by atoms with Gasteiger partial charge in [0.05, 0.1) is 0 Å². The van der Waals surface area contributed by atoms with Gasteiger partial charge in [-0.05, 0) is 69.1 Å². The number of aromatic nitrogens is 1. The number of rotatable bonds is 7. The molecule has 2 N–H and O–H groups in total. The molecule has 6 heteroatoms. The molecule has 1 aromatic heterocycles. The summed E-state index contributed by atoms with van der Waals surface area (Å²) in [6.45, 7) is 7.61. The molecule has 2 aromatic rings. The Balaban J connectivity index is 1.59. The molecule has 1 aliphatic carbocycles. The van der Waals surface area contributed by atoms with Gasteiger partial charge >= 0.3 is 0 Å². The van der Waals surface area contributed by atoms with Crippen LogP contribution in [0.3, 0.4) is 0 Å². The quantitative estimate of drug-likeness (QED) is 0.781. The molecule has 1 heterocycles. The first kappa shape index (κ1) is 19.1. The van der Waals surface area contributed by atoms with E-state index in [2.05, 4.69) is 47.8 Å². The molecule has 144 valence electrons. The van der Waals surface area contributed by atoms with Gasteiger partial charge in [0.2, 0.25) is 11.8 Å². The van der Waals surface area contributed by atoms with E-state index < -0.39 is 6.04 Å². The topological polar surface area (TPSA) is 84.2 Å². The first-order valence-corrected chi connectivity index (χ1v) is 9.44. The van der Waals surface area contributed by atoms with Crippen LogP contribution in [0.5, 0.6) is 0 Å². The molecule has 6 nitrogen and oxygen atoms in total. The van der Waals surface area contributed by atoms with Crippen molar-refractivity contribution in [1.29, 1.82) is 0 Å². The molecule has 0 spiro atoms. The number of benzene rings is 1. The Kier molecular flexibility index (Phi) is 5.63. The minimum Gasteiger partial charge on any atom is -0.360 e. The van der Waals surface area contributed by atoms with Crippen molar-refractivity contribution in [1.82, 2.24) is 10.5 Å². The van der Waals surface area contributed by atoms with E-state index in [1.807, 2.05) is 0 Å². The number of carbonyl (C=O) groups excluding carboxylic acids is 2. The summed E-state index contributed by atoms with van der Waals surface area (Å²) in [5, 5.41) is 9.18. The maximum absolute atomic E-state index is 12.6. The molecule has 0 radical (unpaired) electrons. The molecular formula is C21H27N3O3. The highest BCUT2D eigenvalue weighted by Gasteiger charge is 2.34. The largest absolute Gasteiger partial charge is 0.360 e. The first-order chi connectivity index (χ1) is 12.8. The summed E-state index contributed by atoms with van der Waals surface area (Å²) in [5.74, 6) is 1.31. The van der Waals surface area contributed by atoms with Crippen molar-refractivity contribution in [2.24, 2.45) is 5.92 Å². The Hall–Kier alpha value is -2.63. The number of hydrogen-bond acceptors (Lipinski definition) is 4. The number of nitrogens with zero attached hydrogens (tertiary/aromatic N) is 1. The molecule has 0 aliphatic heterocycles. The Morgan fingerprint density at radius 2 is 1.93 bits per heavy atom. The number of aryl methyl sites for hydroxylation is 3. The lowest BCUT2D eigenvalue weighted by atomic mass is 9.89. The third kappa shape index (κ3) is 4.96. The molecule has 2 amide bonds. The van der Waals surface area contributed by atoms with E-state index in [1.54, 1.807) is 19.9 Å². The van der Waals surface area contributed by atoms with Crippen molar-refractivity contribution < 1.29 is 14.1 Å². The van der Waals surface area contributed by atoms with Crippen LogP contribution in [0.2, 0.25) is 0 Å². The van der Waals surface area contributed by atoms with Gasteiger partial charge < -0.3 is 15.2 Å². The number of hydrogen-bond donors (Lipinski definition) is 2. The highest BCUT2D eigenvalue weighted by molar-refractivity contribution is 5.96. The van der Waals surface area contributed by atoms with Crippen LogP contribution in [0.25, 0.3) is 0 Å². The fourth-order valence-corrected chi connectivity index (χ4v) is 3.28. The summed E-state index contributed by atoms with van der Waals surface area (Å²) < 4.78 is 4.93. The second-order valence-electron chi connectivity index (χ2n) is 7.59. The first-order valence-electron chi connectivity index (χ1n) is 9.44. The van der Waals surface area contributed by atoms with E-state index >= 15 is 0 Å². The molecule has 1 fully saturated rings. The zero-order chi connectivity index (χ0) is 19.6. The van der Waals surface area contributed by atoms with Gasteiger partial charge in [-0.3, -0.25) is 9.59 Å². The van der Waals surface area contributed by atoms with Gasteiger partial charge in [-0.1, -0.05) is 23.4 Å². The molecule has 2 atom stereocenters. The normalized spacial score (nSPS) is 15.9. The lowest BCUT2D eigenvalue weighted by Gasteiger charge is -2.19. The van der Waals surface area contributed by atoms with Gasteiger partial charge in [-0.25, -0.2) is 0 Å². The molecule has 0 saturated heterocycles. The van der Waals surface area contributed by atoms with Crippen LogP contribution in [-0.4, -0.2) is 23.0 Å². The summed E-state index contributed by atoms with van der Waals surface area (Å²) >= 11 is 0. The van der Waals surface area contributed by atoms with Crippen molar-refractivity contribution in [3.63, 3.8) is 0 Å². The highest BCUT2D eigenvalue weighted by Crippen LogP contribution is 2.44. The SMILES string of the molecule is Cc1cc(NC(=O)C(C)NC(=O)CC(c2ccc(C)c(C)c2)C2CC2)no1. The summed E-state index contributed by atoms with van der Waals surface area (Å²) in [7, 11) is 0. The minimum absolute atomic E-state index is 0.107. The predicted molar refractivity (Wildman–Crippen MR) is 103 cm³/mol. The Morgan fingerprint density at radius 3 is 2.52 bits per heavy atom. The lowest BCUT2D eigenvalue weighted by molar-refractivity contribution is -0.126. The van der Waals surface area contributed by atoms with Crippen LogP contribution < -0.4 is 10.6 Å². The van der Waals surface area contributed by atoms with Crippen molar-refractivity contribution in [2.45, 2.75) is 58.9 Å². The molecule has 1 aliphatic rings. The summed E-state index contributed by atoms with van der Waals surface area (Å²) in [6.07, 6.45) is 2.71. The van der Waals surface area contributed by atoms with Crippen molar-refractivity contribution >= 4 is 17.6 Å². The van der Waals surface area contributed by atoms with Gasteiger partial charge in [0.15, 0.2) is 5.82 Å². The lowest BCUT2D eigenvalue weighted by Crippen LogP contribution is -2.42. The smallest absolute Gasteiger partial charge is 0.247 e. The van der Waals surface area contributed by atoms with Gasteiger partial charge in [-0.15, -0.1) is 0 Å². The third-order valence-corrected chi connectivity index (χ3v) is 5.21. The van der Waals surface area contributed by atoms with E-state index in [-0.39, 0.29) is 17.7 Å². The average Bonchev–Trinajstić information content (AvgIpc) is 3.37. The van der Waals surface area contributed by atoms with Crippen molar-refractivity contribution in [3.8, 4) is 0 Å². The second kappa shape index (κ2) is 7.94. The molecule has 2 unspecified atom stereocenters. The summed E-state index contributed by atoms with van der Waals surface area (Å²) in [6, 6.07) is 7.42. The Morgan fingerprint density at radius 1 is 1.19 bits per heavy atom. The van der Waals surface area contributed by atoms with E-state index in [0.29, 0.717) is 23.9 Å². The van der Waals surface area contributed by atoms with Gasteiger partial charge in [0.1, 0.15) is 11.8 Å². The van der Waals surface area contributed by atoms with Crippen molar-refractivity contribution in [2.75, 3.05) is 5.32 Å². The maximum atomic E-state index is 12.6. The molecule has 1 aromatic carbocycles. The van der Waals surface area contributed by atoms with Crippen LogP contribution >= 0.6 is 0 Å². The van der Waals surface area contributed by atoms with Gasteiger partial charge in [0, 0.05) is 12.5 Å². The van der Waals surface area contributed by atoms with Crippen LogP contribution in [0.1, 0.15) is 54.6 Å². The molecule has 3 rings (SSSR count). The van der Waals surface area contributed by atoms with E-state index in [1.165, 1.54) is 16.7 Å². The molecule has 1 saturated carbocycles. The minimum atomic E-state index is -0.644. The van der Waals surface area contributed by atoms with Crippen LogP contribution in [-0.2, 0) is 9.59 Å². The van der Waals surface area contributed by atoms with Gasteiger partial charge in [-0.2, -0.15) is 0 Å². The van der Waals surface area contributed by atoms with Crippen LogP contribution in [0.15, 0.2) is 28.8 Å². The third-order valence-electron chi connectivity index (χ3n) is 5.21. The number of nitrogens with one attached hydrogen (secondary N) is 2. The zero-order valence-corrected chi connectivity index (χ0v) is 16.3. The van der Waals surface area contributed by atoms with Crippen molar-refractivity contribution in [3.05, 3.63) is 46.7 Å². The number of carbonyl (C=O) groups is 2. The number of amides is 2. The standard InChI is InChI=1S/C21H27N3O3/c1-12-5-6-17(9-13(12)2)18(16-7-8-16)11-20(25)22-15(4)21(26)23-19-10-14(3)27-24-19/h5-6,9-10,15-16,18H,7-8,11H2,1-4H3,(H,22,25)(H,23,24,26). The summed E-state index contributed by atoms with van der Waals surface area (Å²) in [4.78, 5) is 24.8. The fraction of sp³-hybridized carbons (Fsp3) is 0.476. The fourth-order valence-electron chi connectivity index (χ4n) is 3.28. The predicted octanol–water partition coefficient (Wildman–Crippen LogP) is 3.63. The molecular weight excluding hydrogens is 342 g/mol. The van der Waals surface area contributed by atoms with Gasteiger partial charge in [0.25, 0.3) is 0 Å². The highest BCUT2D eigenvalue weighted by atomic mass is 16.5. The zero-order valence-electron chi connectivity index (χ0n) is 16.3. The monoisotopic (exact) mass is 369 g/mol.